The molecule has 1 aromatic carbocycles. The summed E-state index contributed by atoms with van der Waals surface area (Å²) in [5.41, 5.74) is 1.11. The number of quaternary nitrogens is 1. The first-order valence-electron chi connectivity index (χ1n) is 7.47. The van der Waals surface area contributed by atoms with Crippen molar-refractivity contribution in [2.24, 2.45) is 5.92 Å². The lowest BCUT2D eigenvalue weighted by Crippen LogP contribution is -3.14. The Labute approximate surface area is 121 Å². The molecule has 2 rings (SSSR count). The average molecular weight is 276 g/mol. The SMILES string of the molecule is CC(C)CC[NH+]1CCN(c2ccccc2C(=O)[O-])CC1. The van der Waals surface area contributed by atoms with Crippen LogP contribution in [0.1, 0.15) is 30.6 Å². The van der Waals surface area contributed by atoms with E-state index in [9.17, 15) is 9.90 Å². The predicted molar refractivity (Wildman–Crippen MR) is 78.0 cm³/mol. The highest BCUT2D eigenvalue weighted by atomic mass is 16.4. The van der Waals surface area contributed by atoms with Gasteiger partial charge in [0.15, 0.2) is 0 Å². The van der Waals surface area contributed by atoms with E-state index in [1.165, 1.54) is 13.0 Å². The molecule has 20 heavy (non-hydrogen) atoms. The molecule has 0 atom stereocenters. The molecule has 1 heterocycles. The summed E-state index contributed by atoms with van der Waals surface area (Å²) in [5, 5.41) is 11.2. The number of piperazine rings is 1. The third kappa shape index (κ3) is 3.73. The van der Waals surface area contributed by atoms with E-state index >= 15 is 0 Å². The van der Waals surface area contributed by atoms with Gasteiger partial charge in [-0.05, 0) is 18.4 Å². The van der Waals surface area contributed by atoms with Crippen molar-refractivity contribution in [3.8, 4) is 0 Å². The zero-order chi connectivity index (χ0) is 14.5. The van der Waals surface area contributed by atoms with Crippen LogP contribution in [0, 0.1) is 5.92 Å². The smallest absolute Gasteiger partial charge is 0.0949 e. The fourth-order valence-electron chi connectivity index (χ4n) is 2.73. The zero-order valence-corrected chi connectivity index (χ0v) is 12.4. The van der Waals surface area contributed by atoms with Gasteiger partial charge in [0, 0.05) is 11.3 Å². The van der Waals surface area contributed by atoms with Gasteiger partial charge in [0.05, 0.1) is 38.7 Å². The Morgan fingerprint density at radius 1 is 1.30 bits per heavy atom. The molecular formula is C16H24N2O2. The molecular weight excluding hydrogens is 252 g/mol. The highest BCUT2D eigenvalue weighted by Crippen LogP contribution is 2.19. The molecule has 0 spiro atoms. The lowest BCUT2D eigenvalue weighted by molar-refractivity contribution is -0.901. The number of carboxylic acids is 1. The maximum atomic E-state index is 11.2. The summed E-state index contributed by atoms with van der Waals surface area (Å²) in [6, 6.07) is 7.14. The second-order valence-electron chi connectivity index (χ2n) is 5.97. The number of benzene rings is 1. The first-order chi connectivity index (χ1) is 9.58. The molecule has 0 aliphatic carbocycles. The molecule has 0 unspecified atom stereocenters. The van der Waals surface area contributed by atoms with Crippen LogP contribution in [-0.2, 0) is 0 Å². The topological polar surface area (TPSA) is 47.8 Å². The number of rotatable bonds is 5. The largest absolute Gasteiger partial charge is 0.545 e. The Balaban J connectivity index is 1.95. The van der Waals surface area contributed by atoms with Crippen molar-refractivity contribution in [3.05, 3.63) is 29.8 Å². The maximum Gasteiger partial charge on any atom is 0.0949 e. The highest BCUT2D eigenvalue weighted by molar-refractivity contribution is 5.93. The number of carbonyl (C=O) groups excluding carboxylic acids is 1. The molecule has 1 saturated heterocycles. The number of para-hydroxylation sites is 1. The summed E-state index contributed by atoms with van der Waals surface area (Å²) < 4.78 is 0. The molecule has 1 aromatic rings. The van der Waals surface area contributed by atoms with Gasteiger partial charge in [-0.3, -0.25) is 0 Å². The van der Waals surface area contributed by atoms with E-state index in [1.54, 1.807) is 17.0 Å². The molecule has 4 heteroatoms. The molecule has 1 fully saturated rings. The van der Waals surface area contributed by atoms with Crippen molar-refractivity contribution in [2.45, 2.75) is 20.3 Å². The van der Waals surface area contributed by atoms with Gasteiger partial charge in [0.2, 0.25) is 0 Å². The van der Waals surface area contributed by atoms with E-state index in [2.05, 4.69) is 18.7 Å². The van der Waals surface area contributed by atoms with Gasteiger partial charge in [-0.1, -0.05) is 32.0 Å². The highest BCUT2D eigenvalue weighted by Gasteiger charge is 2.21. The number of nitrogens with one attached hydrogen (secondary N) is 1. The van der Waals surface area contributed by atoms with Crippen molar-refractivity contribution in [1.29, 1.82) is 0 Å². The van der Waals surface area contributed by atoms with Gasteiger partial charge in [-0.25, -0.2) is 0 Å². The zero-order valence-electron chi connectivity index (χ0n) is 12.4. The summed E-state index contributed by atoms with van der Waals surface area (Å²) >= 11 is 0. The third-order valence-corrected chi connectivity index (χ3v) is 4.01. The summed E-state index contributed by atoms with van der Waals surface area (Å²) in [7, 11) is 0. The quantitative estimate of drug-likeness (QED) is 0.810. The second-order valence-corrected chi connectivity index (χ2v) is 5.97. The molecule has 4 nitrogen and oxygen atoms in total. The minimum absolute atomic E-state index is 0.304. The lowest BCUT2D eigenvalue weighted by Gasteiger charge is -2.35. The Kier molecular flexibility index (Phi) is 5.01. The van der Waals surface area contributed by atoms with E-state index in [0.29, 0.717) is 5.56 Å². The Morgan fingerprint density at radius 2 is 1.95 bits per heavy atom. The number of carbonyl (C=O) groups is 1. The van der Waals surface area contributed by atoms with Crippen molar-refractivity contribution < 1.29 is 14.8 Å². The van der Waals surface area contributed by atoms with E-state index in [1.807, 2.05) is 12.1 Å². The second kappa shape index (κ2) is 6.75. The molecule has 0 bridgehead atoms. The molecule has 0 radical (unpaired) electrons. The average Bonchev–Trinajstić information content (AvgIpc) is 2.45. The Bertz CT molecular complexity index is 452. The predicted octanol–water partition coefficient (Wildman–Crippen LogP) is -0.199. The van der Waals surface area contributed by atoms with Crippen LogP contribution in [0.5, 0.6) is 0 Å². The van der Waals surface area contributed by atoms with Gasteiger partial charge < -0.3 is 19.7 Å². The van der Waals surface area contributed by atoms with E-state index in [4.69, 9.17) is 0 Å². The number of hydrogen-bond donors (Lipinski definition) is 1. The molecule has 1 aliphatic rings. The Morgan fingerprint density at radius 3 is 2.55 bits per heavy atom. The molecule has 0 aromatic heterocycles. The van der Waals surface area contributed by atoms with E-state index in [-0.39, 0.29) is 0 Å². The summed E-state index contributed by atoms with van der Waals surface area (Å²) in [5.74, 6) is -0.338. The van der Waals surface area contributed by atoms with E-state index < -0.39 is 5.97 Å². The number of hydrogen-bond acceptors (Lipinski definition) is 3. The lowest BCUT2D eigenvalue weighted by atomic mass is 10.1. The molecule has 1 aliphatic heterocycles. The van der Waals surface area contributed by atoms with Crippen molar-refractivity contribution in [3.63, 3.8) is 0 Å². The summed E-state index contributed by atoms with van der Waals surface area (Å²) in [6.07, 6.45) is 1.25. The Hall–Kier alpha value is -1.55. The van der Waals surface area contributed by atoms with Crippen LogP contribution in [0.15, 0.2) is 24.3 Å². The van der Waals surface area contributed by atoms with Crippen LogP contribution in [0.2, 0.25) is 0 Å². The minimum atomic E-state index is -1.09. The van der Waals surface area contributed by atoms with Gasteiger partial charge in [-0.2, -0.15) is 0 Å². The number of carboxylic acid groups (broad SMARTS) is 1. The molecule has 110 valence electrons. The van der Waals surface area contributed by atoms with Gasteiger partial charge >= 0.3 is 0 Å². The molecule has 0 amide bonds. The normalized spacial score (nSPS) is 16.6. The molecule has 0 saturated carbocycles. The third-order valence-electron chi connectivity index (χ3n) is 4.01. The number of aromatic carboxylic acids is 1. The fraction of sp³-hybridized carbons (Fsp3) is 0.562. The first kappa shape index (κ1) is 14.9. The fourth-order valence-corrected chi connectivity index (χ4v) is 2.73. The van der Waals surface area contributed by atoms with Gasteiger partial charge in [-0.15, -0.1) is 0 Å². The van der Waals surface area contributed by atoms with Crippen LogP contribution in [0.3, 0.4) is 0 Å². The monoisotopic (exact) mass is 276 g/mol. The first-order valence-corrected chi connectivity index (χ1v) is 7.47. The van der Waals surface area contributed by atoms with Crippen LogP contribution < -0.4 is 14.9 Å². The van der Waals surface area contributed by atoms with Gasteiger partial charge in [0.25, 0.3) is 0 Å². The minimum Gasteiger partial charge on any atom is -0.545 e. The van der Waals surface area contributed by atoms with Crippen molar-refractivity contribution in [2.75, 3.05) is 37.6 Å². The number of nitrogens with zero attached hydrogens (tertiary/aromatic N) is 1. The van der Waals surface area contributed by atoms with Crippen molar-refractivity contribution in [1.82, 2.24) is 0 Å². The van der Waals surface area contributed by atoms with Crippen LogP contribution >= 0.6 is 0 Å². The standard InChI is InChI=1S/C16H24N2O2/c1-13(2)7-8-17-9-11-18(12-10-17)15-6-4-3-5-14(15)16(19)20/h3-6,13H,7-12H2,1-2H3,(H,19,20). The number of anilines is 1. The summed E-state index contributed by atoms with van der Waals surface area (Å²) in [6.45, 7) is 9.71. The van der Waals surface area contributed by atoms with E-state index in [0.717, 1.165) is 37.8 Å². The van der Waals surface area contributed by atoms with Crippen LogP contribution in [0.4, 0.5) is 5.69 Å². The van der Waals surface area contributed by atoms with Crippen molar-refractivity contribution >= 4 is 11.7 Å². The molecule has 1 N–H and O–H groups in total. The van der Waals surface area contributed by atoms with Crippen LogP contribution in [0.25, 0.3) is 0 Å². The van der Waals surface area contributed by atoms with Crippen LogP contribution in [-0.4, -0.2) is 38.7 Å². The van der Waals surface area contributed by atoms with Gasteiger partial charge in [0.1, 0.15) is 0 Å². The maximum absolute atomic E-state index is 11.2. The summed E-state index contributed by atoms with van der Waals surface area (Å²) in [4.78, 5) is 15.0.